The van der Waals surface area contributed by atoms with E-state index in [1.165, 1.54) is 6.26 Å². The van der Waals surface area contributed by atoms with E-state index in [1.807, 2.05) is 24.3 Å². The summed E-state index contributed by atoms with van der Waals surface area (Å²) in [7, 11) is -3.18. The summed E-state index contributed by atoms with van der Waals surface area (Å²) in [6, 6.07) is 14.6. The predicted molar refractivity (Wildman–Crippen MR) is 113 cm³/mol. The molecule has 1 atom stereocenters. The zero-order chi connectivity index (χ0) is 17.9. The predicted octanol–water partition coefficient (Wildman–Crippen LogP) is 2.64. The molecule has 0 fully saturated rings. The highest BCUT2D eigenvalue weighted by Crippen LogP contribution is 2.31. The maximum atomic E-state index is 11.5. The van der Waals surface area contributed by atoms with Crippen molar-refractivity contribution >= 4 is 39.8 Å². The third-order valence-corrected chi connectivity index (χ3v) is 5.19. The number of hydrogen-bond acceptors (Lipinski definition) is 4. The van der Waals surface area contributed by atoms with Crippen LogP contribution in [-0.4, -0.2) is 27.2 Å². The Bertz CT molecular complexity index is 883. The Kier molecular flexibility index (Phi) is 6.87. The monoisotopic (exact) mass is 487 g/mol. The average Bonchev–Trinajstić information content (AvgIpc) is 2.60. The molecule has 0 bridgehead atoms. The van der Waals surface area contributed by atoms with Crippen LogP contribution in [0.4, 0.5) is 0 Å². The summed E-state index contributed by atoms with van der Waals surface area (Å²) < 4.78 is 28.6. The quantitative estimate of drug-likeness (QED) is 0.393. The Morgan fingerprint density at radius 1 is 1.23 bits per heavy atom. The van der Waals surface area contributed by atoms with Gasteiger partial charge in [-0.15, -0.1) is 24.0 Å². The maximum Gasteiger partial charge on any atom is 0.189 e. The number of nitrogens with one attached hydrogen (secondary N) is 1. The van der Waals surface area contributed by atoms with E-state index in [0.29, 0.717) is 24.0 Å². The lowest BCUT2D eigenvalue weighted by atomic mass is 10.0. The van der Waals surface area contributed by atoms with Crippen molar-refractivity contribution in [2.75, 3.05) is 12.9 Å². The van der Waals surface area contributed by atoms with Crippen LogP contribution in [0.5, 0.6) is 5.75 Å². The molecule has 2 aromatic rings. The van der Waals surface area contributed by atoms with E-state index in [2.05, 4.69) is 10.3 Å². The van der Waals surface area contributed by atoms with E-state index in [0.717, 1.165) is 23.3 Å². The lowest BCUT2D eigenvalue weighted by molar-refractivity contribution is 0.262. The third kappa shape index (κ3) is 5.10. The van der Waals surface area contributed by atoms with E-state index in [-0.39, 0.29) is 30.0 Å². The van der Waals surface area contributed by atoms with Gasteiger partial charge in [-0.1, -0.05) is 30.3 Å². The van der Waals surface area contributed by atoms with Crippen LogP contribution in [-0.2, 0) is 16.4 Å². The van der Waals surface area contributed by atoms with Crippen molar-refractivity contribution in [2.24, 2.45) is 10.7 Å². The van der Waals surface area contributed by atoms with Gasteiger partial charge in [-0.05, 0) is 23.8 Å². The van der Waals surface area contributed by atoms with Crippen molar-refractivity contribution in [3.63, 3.8) is 0 Å². The summed E-state index contributed by atoms with van der Waals surface area (Å²) in [6.45, 7) is 1.02. The highest BCUT2D eigenvalue weighted by atomic mass is 127. The van der Waals surface area contributed by atoms with Crippen LogP contribution in [0.3, 0.4) is 0 Å². The topological polar surface area (TPSA) is 93.8 Å². The molecule has 3 rings (SSSR count). The van der Waals surface area contributed by atoms with Crippen LogP contribution < -0.4 is 15.8 Å². The number of nitrogens with zero attached hydrogens (tertiary/aromatic N) is 1. The molecule has 0 saturated heterocycles. The summed E-state index contributed by atoms with van der Waals surface area (Å²) >= 11 is 0. The average molecular weight is 487 g/mol. The molecule has 140 valence electrons. The highest BCUT2D eigenvalue weighted by molar-refractivity contribution is 14.0. The summed E-state index contributed by atoms with van der Waals surface area (Å²) in [5.74, 6) is 1.23. The van der Waals surface area contributed by atoms with Crippen molar-refractivity contribution in [3.05, 3.63) is 59.7 Å². The first-order chi connectivity index (χ1) is 11.9. The van der Waals surface area contributed by atoms with E-state index in [9.17, 15) is 8.42 Å². The normalized spacial score (nSPS) is 16.8. The minimum Gasteiger partial charge on any atom is -0.493 e. The number of fused-ring (bicyclic) bond motifs is 1. The first-order valence-electron chi connectivity index (χ1n) is 8.00. The van der Waals surface area contributed by atoms with Crippen LogP contribution >= 0.6 is 24.0 Å². The lowest BCUT2D eigenvalue weighted by Gasteiger charge is -2.26. The number of guanidine groups is 1. The zero-order valence-corrected chi connectivity index (χ0v) is 17.5. The first kappa shape index (κ1) is 20.5. The number of aliphatic imine (C=N–C) groups is 1. The van der Waals surface area contributed by atoms with Crippen LogP contribution in [0.15, 0.2) is 58.4 Å². The summed E-state index contributed by atoms with van der Waals surface area (Å²) in [6.07, 6.45) is 2.00. The van der Waals surface area contributed by atoms with Crippen molar-refractivity contribution in [1.29, 1.82) is 0 Å². The Labute approximate surface area is 170 Å². The molecule has 0 saturated carbocycles. The first-order valence-corrected chi connectivity index (χ1v) is 9.90. The number of sulfone groups is 1. The number of benzene rings is 2. The van der Waals surface area contributed by atoms with Gasteiger partial charge in [0, 0.05) is 18.2 Å². The van der Waals surface area contributed by atoms with E-state index < -0.39 is 9.84 Å². The van der Waals surface area contributed by atoms with Gasteiger partial charge in [0.05, 0.1) is 24.1 Å². The molecular formula is C18H22IN3O3S. The Morgan fingerprint density at radius 3 is 2.62 bits per heavy atom. The van der Waals surface area contributed by atoms with E-state index in [4.69, 9.17) is 10.5 Å². The third-order valence-electron chi connectivity index (χ3n) is 4.06. The maximum absolute atomic E-state index is 11.5. The fourth-order valence-electron chi connectivity index (χ4n) is 2.73. The SMILES string of the molecule is CS(=O)(=O)c1ccc(CN=C(N)NC2CCOc3ccccc32)cc1.I. The molecule has 0 spiro atoms. The van der Waals surface area contributed by atoms with Gasteiger partial charge in [0.25, 0.3) is 0 Å². The molecule has 3 N–H and O–H groups in total. The number of rotatable bonds is 4. The molecule has 0 radical (unpaired) electrons. The molecule has 2 aromatic carbocycles. The van der Waals surface area contributed by atoms with E-state index in [1.54, 1.807) is 24.3 Å². The number of halogens is 1. The number of nitrogens with two attached hydrogens (primary N) is 1. The van der Waals surface area contributed by atoms with Gasteiger partial charge in [-0.25, -0.2) is 13.4 Å². The standard InChI is InChI=1S/C18H21N3O3S.HI/c1-25(22,23)14-8-6-13(7-9-14)12-20-18(19)21-16-10-11-24-17-5-3-2-4-15(16)17;/h2-9,16H,10-12H2,1H3,(H3,19,20,21);1H. The van der Waals surface area contributed by atoms with Crippen LogP contribution in [0.1, 0.15) is 23.6 Å². The molecule has 26 heavy (non-hydrogen) atoms. The smallest absolute Gasteiger partial charge is 0.189 e. The Balaban J connectivity index is 0.00000243. The number of hydrogen-bond donors (Lipinski definition) is 2. The van der Waals surface area contributed by atoms with Gasteiger partial charge in [0.2, 0.25) is 0 Å². The largest absolute Gasteiger partial charge is 0.493 e. The molecular weight excluding hydrogens is 465 g/mol. The van der Waals surface area contributed by atoms with Gasteiger partial charge in [0.1, 0.15) is 5.75 Å². The molecule has 6 nitrogen and oxygen atoms in total. The van der Waals surface area contributed by atoms with Gasteiger partial charge in [-0.3, -0.25) is 0 Å². The van der Waals surface area contributed by atoms with Crippen molar-refractivity contribution in [2.45, 2.75) is 23.9 Å². The Morgan fingerprint density at radius 2 is 1.92 bits per heavy atom. The van der Waals surface area contributed by atoms with Crippen LogP contribution in [0.2, 0.25) is 0 Å². The number of para-hydroxylation sites is 1. The molecule has 1 heterocycles. The summed E-state index contributed by atoms with van der Waals surface area (Å²) in [5, 5.41) is 3.23. The van der Waals surface area contributed by atoms with Crippen molar-refractivity contribution in [3.8, 4) is 5.75 Å². The van der Waals surface area contributed by atoms with Crippen molar-refractivity contribution in [1.82, 2.24) is 5.32 Å². The van der Waals surface area contributed by atoms with Gasteiger partial charge in [0.15, 0.2) is 15.8 Å². The minimum atomic E-state index is -3.18. The van der Waals surface area contributed by atoms with Gasteiger partial charge >= 0.3 is 0 Å². The molecule has 1 aliphatic heterocycles. The fraction of sp³-hybridized carbons (Fsp3) is 0.278. The van der Waals surface area contributed by atoms with Gasteiger partial charge < -0.3 is 15.8 Å². The van der Waals surface area contributed by atoms with Crippen molar-refractivity contribution < 1.29 is 13.2 Å². The van der Waals surface area contributed by atoms with E-state index >= 15 is 0 Å². The zero-order valence-electron chi connectivity index (χ0n) is 14.4. The lowest BCUT2D eigenvalue weighted by Crippen LogP contribution is -2.37. The minimum absolute atomic E-state index is 0. The molecule has 1 aliphatic rings. The molecule has 1 unspecified atom stereocenters. The van der Waals surface area contributed by atoms with Crippen LogP contribution in [0.25, 0.3) is 0 Å². The fourth-order valence-corrected chi connectivity index (χ4v) is 3.37. The molecule has 0 aromatic heterocycles. The second kappa shape index (κ2) is 8.72. The summed E-state index contributed by atoms with van der Waals surface area (Å²) in [5.41, 5.74) is 7.98. The summed E-state index contributed by atoms with van der Waals surface area (Å²) in [4.78, 5) is 4.64. The molecule has 0 amide bonds. The van der Waals surface area contributed by atoms with Crippen LogP contribution in [0, 0.1) is 0 Å². The second-order valence-electron chi connectivity index (χ2n) is 5.99. The second-order valence-corrected chi connectivity index (χ2v) is 8.01. The number of ether oxygens (including phenoxy) is 1. The Hall–Kier alpha value is -1.81. The van der Waals surface area contributed by atoms with Gasteiger partial charge in [-0.2, -0.15) is 0 Å². The molecule has 8 heteroatoms. The highest BCUT2D eigenvalue weighted by Gasteiger charge is 2.21. The molecule has 0 aliphatic carbocycles.